The van der Waals surface area contributed by atoms with Crippen LogP contribution in [0.5, 0.6) is 0 Å². The molecular formula is C14H18ClN5OS. The average molecular weight is 340 g/mol. The maximum atomic E-state index is 5.91. The van der Waals surface area contributed by atoms with E-state index in [0.29, 0.717) is 5.02 Å². The van der Waals surface area contributed by atoms with E-state index in [1.54, 1.807) is 16.4 Å². The summed E-state index contributed by atoms with van der Waals surface area (Å²) in [5, 5.41) is 13.4. The van der Waals surface area contributed by atoms with E-state index in [1.807, 2.05) is 24.3 Å². The van der Waals surface area contributed by atoms with Crippen LogP contribution in [0.15, 0.2) is 29.4 Å². The van der Waals surface area contributed by atoms with E-state index in [1.165, 1.54) is 0 Å². The lowest BCUT2D eigenvalue weighted by molar-refractivity contribution is 0.0381. The summed E-state index contributed by atoms with van der Waals surface area (Å²) in [4.78, 5) is 2.44. The lowest BCUT2D eigenvalue weighted by Gasteiger charge is -2.26. The predicted octanol–water partition coefficient (Wildman–Crippen LogP) is 2.13. The van der Waals surface area contributed by atoms with Crippen molar-refractivity contribution in [2.75, 3.05) is 38.6 Å². The smallest absolute Gasteiger partial charge is 0.214 e. The van der Waals surface area contributed by atoms with E-state index < -0.39 is 0 Å². The van der Waals surface area contributed by atoms with E-state index in [0.717, 1.165) is 55.9 Å². The van der Waals surface area contributed by atoms with Gasteiger partial charge in [0.1, 0.15) is 0 Å². The highest BCUT2D eigenvalue weighted by Crippen LogP contribution is 2.20. The largest absolute Gasteiger partial charge is 0.379 e. The molecule has 1 aromatic heterocycles. The zero-order valence-corrected chi connectivity index (χ0v) is 13.8. The second kappa shape index (κ2) is 7.92. The second-order valence-electron chi connectivity index (χ2n) is 5.01. The van der Waals surface area contributed by atoms with Crippen LogP contribution in [-0.4, -0.2) is 63.7 Å². The molecule has 0 atom stereocenters. The Bertz CT molecular complexity index is 585. The van der Waals surface area contributed by atoms with Crippen LogP contribution >= 0.6 is 23.4 Å². The molecule has 0 unspecified atom stereocenters. The molecule has 22 heavy (non-hydrogen) atoms. The van der Waals surface area contributed by atoms with Crippen molar-refractivity contribution < 1.29 is 4.74 Å². The van der Waals surface area contributed by atoms with Gasteiger partial charge in [0.25, 0.3) is 0 Å². The number of nitrogens with zero attached hydrogens (tertiary/aromatic N) is 5. The molecule has 2 aromatic rings. The molecule has 3 rings (SSSR count). The molecule has 0 amide bonds. The van der Waals surface area contributed by atoms with Gasteiger partial charge in [0.15, 0.2) is 0 Å². The molecule has 1 fully saturated rings. The molecule has 8 heteroatoms. The van der Waals surface area contributed by atoms with Gasteiger partial charge in [0.2, 0.25) is 5.16 Å². The maximum absolute atomic E-state index is 5.91. The zero-order valence-electron chi connectivity index (χ0n) is 12.2. The van der Waals surface area contributed by atoms with Gasteiger partial charge in [-0.2, -0.15) is 4.68 Å². The molecule has 118 valence electrons. The zero-order chi connectivity index (χ0) is 15.2. The van der Waals surface area contributed by atoms with Gasteiger partial charge in [-0.3, -0.25) is 4.90 Å². The van der Waals surface area contributed by atoms with Gasteiger partial charge in [0, 0.05) is 23.9 Å². The quantitative estimate of drug-likeness (QED) is 0.593. The van der Waals surface area contributed by atoms with Gasteiger partial charge in [-0.15, -0.1) is 5.10 Å². The molecule has 1 aliphatic rings. The number of aromatic nitrogens is 4. The van der Waals surface area contributed by atoms with Crippen LogP contribution in [0.3, 0.4) is 0 Å². The van der Waals surface area contributed by atoms with E-state index in [2.05, 4.69) is 20.4 Å². The number of rotatable bonds is 6. The summed E-state index contributed by atoms with van der Waals surface area (Å²) in [6, 6.07) is 7.50. The fourth-order valence-electron chi connectivity index (χ4n) is 2.29. The molecule has 2 heterocycles. The monoisotopic (exact) mass is 339 g/mol. The first-order chi connectivity index (χ1) is 10.8. The third-order valence-electron chi connectivity index (χ3n) is 3.47. The highest BCUT2D eigenvalue weighted by atomic mass is 35.5. The van der Waals surface area contributed by atoms with Crippen LogP contribution in [-0.2, 0) is 4.74 Å². The summed E-state index contributed by atoms with van der Waals surface area (Å²) in [5.74, 6) is 0.991. The van der Waals surface area contributed by atoms with Crippen molar-refractivity contribution in [1.82, 2.24) is 25.1 Å². The molecule has 0 saturated carbocycles. The minimum Gasteiger partial charge on any atom is -0.379 e. The first kappa shape index (κ1) is 15.7. The third-order valence-corrected chi connectivity index (χ3v) is 4.72. The fraction of sp³-hybridized carbons (Fsp3) is 0.500. The predicted molar refractivity (Wildman–Crippen MR) is 86.8 cm³/mol. The first-order valence-electron chi connectivity index (χ1n) is 7.30. The summed E-state index contributed by atoms with van der Waals surface area (Å²) in [7, 11) is 0. The Kier molecular flexibility index (Phi) is 5.66. The fourth-order valence-corrected chi connectivity index (χ4v) is 3.23. The van der Waals surface area contributed by atoms with Gasteiger partial charge in [-0.25, -0.2) is 0 Å². The van der Waals surface area contributed by atoms with E-state index in [-0.39, 0.29) is 0 Å². The molecule has 1 aromatic carbocycles. The number of halogens is 1. The van der Waals surface area contributed by atoms with E-state index >= 15 is 0 Å². The van der Waals surface area contributed by atoms with Crippen LogP contribution in [0.4, 0.5) is 0 Å². The van der Waals surface area contributed by atoms with Crippen LogP contribution in [0.25, 0.3) is 5.69 Å². The SMILES string of the molecule is Clc1ccc(-n2nnnc2SCCCN2CCOCC2)cc1. The van der Waals surface area contributed by atoms with Gasteiger partial charge in [-0.1, -0.05) is 23.4 Å². The van der Waals surface area contributed by atoms with E-state index in [4.69, 9.17) is 16.3 Å². The molecule has 6 nitrogen and oxygen atoms in total. The topological polar surface area (TPSA) is 56.1 Å². The second-order valence-corrected chi connectivity index (χ2v) is 6.50. The Hall–Kier alpha value is -1.15. The van der Waals surface area contributed by atoms with Crippen LogP contribution < -0.4 is 0 Å². The van der Waals surface area contributed by atoms with Crippen molar-refractivity contribution in [2.24, 2.45) is 0 Å². The van der Waals surface area contributed by atoms with Crippen molar-refractivity contribution in [3.05, 3.63) is 29.3 Å². The Morgan fingerprint density at radius 3 is 2.73 bits per heavy atom. The summed E-state index contributed by atoms with van der Waals surface area (Å²) >= 11 is 7.59. The summed E-state index contributed by atoms with van der Waals surface area (Å²) in [5.41, 5.74) is 0.921. The van der Waals surface area contributed by atoms with Crippen molar-refractivity contribution in [3.63, 3.8) is 0 Å². The molecular weight excluding hydrogens is 322 g/mol. The summed E-state index contributed by atoms with van der Waals surface area (Å²) in [6.07, 6.45) is 1.11. The summed E-state index contributed by atoms with van der Waals surface area (Å²) in [6.45, 7) is 4.86. The number of morpholine rings is 1. The lowest BCUT2D eigenvalue weighted by atomic mass is 10.3. The number of tetrazole rings is 1. The van der Waals surface area contributed by atoms with Crippen molar-refractivity contribution in [1.29, 1.82) is 0 Å². The Morgan fingerprint density at radius 1 is 1.18 bits per heavy atom. The molecule has 0 spiro atoms. The highest BCUT2D eigenvalue weighted by Gasteiger charge is 2.11. The standard InChI is InChI=1S/C14H18ClN5OS/c15-12-2-4-13(5-3-12)20-14(16-17-18-20)22-11-1-6-19-7-9-21-10-8-19/h2-5H,1,6-11H2. The molecule has 0 aliphatic carbocycles. The molecule has 0 N–H and O–H groups in total. The average Bonchev–Trinajstić information content (AvgIpc) is 3.02. The Labute approximate surface area is 138 Å². The van der Waals surface area contributed by atoms with Crippen LogP contribution in [0, 0.1) is 0 Å². The number of ether oxygens (including phenoxy) is 1. The molecule has 1 saturated heterocycles. The van der Waals surface area contributed by atoms with Crippen molar-refractivity contribution in [2.45, 2.75) is 11.6 Å². The first-order valence-corrected chi connectivity index (χ1v) is 8.66. The maximum Gasteiger partial charge on any atom is 0.214 e. The normalized spacial score (nSPS) is 16.0. The third kappa shape index (κ3) is 4.19. The van der Waals surface area contributed by atoms with Gasteiger partial charge in [0.05, 0.1) is 18.9 Å². The summed E-state index contributed by atoms with van der Waals surface area (Å²) < 4.78 is 7.10. The highest BCUT2D eigenvalue weighted by molar-refractivity contribution is 7.99. The van der Waals surface area contributed by atoms with Crippen molar-refractivity contribution >= 4 is 23.4 Å². The van der Waals surface area contributed by atoms with Crippen LogP contribution in [0.2, 0.25) is 5.02 Å². The molecule has 0 radical (unpaired) electrons. The van der Waals surface area contributed by atoms with E-state index in [9.17, 15) is 0 Å². The van der Waals surface area contributed by atoms with Crippen LogP contribution in [0.1, 0.15) is 6.42 Å². The van der Waals surface area contributed by atoms with Gasteiger partial charge < -0.3 is 4.74 Å². The number of hydrogen-bond donors (Lipinski definition) is 0. The number of hydrogen-bond acceptors (Lipinski definition) is 6. The Morgan fingerprint density at radius 2 is 1.95 bits per heavy atom. The number of benzene rings is 1. The minimum atomic E-state index is 0.705. The van der Waals surface area contributed by atoms with Gasteiger partial charge >= 0.3 is 0 Å². The molecule has 0 bridgehead atoms. The van der Waals surface area contributed by atoms with Gasteiger partial charge in [-0.05, 0) is 47.7 Å². The minimum absolute atomic E-state index is 0.705. The number of thioether (sulfide) groups is 1. The molecule has 1 aliphatic heterocycles. The lowest BCUT2D eigenvalue weighted by Crippen LogP contribution is -2.36. The Balaban J connectivity index is 1.51. The van der Waals surface area contributed by atoms with Crippen molar-refractivity contribution in [3.8, 4) is 5.69 Å².